The van der Waals surface area contributed by atoms with Crippen LogP contribution >= 0.6 is 0 Å². The number of nitrogens with zero attached hydrogens (tertiary/aromatic N) is 1. The molecular formula is C14H19NO5. The summed E-state index contributed by atoms with van der Waals surface area (Å²) in [6, 6.07) is 0. The number of imide groups is 1. The first-order valence-electron chi connectivity index (χ1n) is 7.02. The molecule has 2 amide bonds. The van der Waals surface area contributed by atoms with E-state index in [9.17, 15) is 9.59 Å². The van der Waals surface area contributed by atoms with Gasteiger partial charge < -0.3 is 9.47 Å². The molecule has 2 fully saturated rings. The molecule has 0 aromatic heterocycles. The molecule has 0 radical (unpaired) electrons. The summed E-state index contributed by atoms with van der Waals surface area (Å²) in [7, 11) is 0. The number of amides is 2. The highest BCUT2D eigenvalue weighted by Crippen LogP contribution is 2.45. The molecule has 3 aliphatic rings. The van der Waals surface area contributed by atoms with Crippen LogP contribution in [0.4, 0.5) is 0 Å². The van der Waals surface area contributed by atoms with Crippen LogP contribution in [0, 0.1) is 17.8 Å². The van der Waals surface area contributed by atoms with Crippen molar-refractivity contribution in [2.45, 2.75) is 26.1 Å². The molecule has 3 rings (SSSR count). The molecule has 3 heterocycles. The van der Waals surface area contributed by atoms with Gasteiger partial charge in [-0.05, 0) is 5.92 Å². The van der Waals surface area contributed by atoms with Crippen LogP contribution in [-0.4, -0.2) is 48.9 Å². The standard InChI is InChI=1S/C14H19NO5/c1-8(2)7-18-5-6-19-15-13(16)11-9-3-4-10(20-9)12(11)14(15)17/h3-4,8-12H,5-7H2,1-2H3. The van der Waals surface area contributed by atoms with E-state index in [4.69, 9.17) is 14.3 Å². The second-order valence-corrected chi connectivity index (χ2v) is 5.77. The summed E-state index contributed by atoms with van der Waals surface area (Å²) in [5.41, 5.74) is 0. The van der Waals surface area contributed by atoms with Crippen molar-refractivity contribution in [3.8, 4) is 0 Å². The number of hydrogen-bond acceptors (Lipinski definition) is 5. The molecule has 0 aromatic carbocycles. The molecule has 2 saturated heterocycles. The zero-order valence-electron chi connectivity index (χ0n) is 11.7. The van der Waals surface area contributed by atoms with Gasteiger partial charge in [0, 0.05) is 6.61 Å². The van der Waals surface area contributed by atoms with E-state index in [1.165, 1.54) is 0 Å². The summed E-state index contributed by atoms with van der Waals surface area (Å²) in [5.74, 6) is -0.951. The van der Waals surface area contributed by atoms with Crippen molar-refractivity contribution in [2.75, 3.05) is 19.8 Å². The normalized spacial score (nSPS) is 34.6. The lowest BCUT2D eigenvalue weighted by Crippen LogP contribution is -2.35. The number of hydroxylamine groups is 2. The minimum atomic E-state index is -0.408. The summed E-state index contributed by atoms with van der Waals surface area (Å²) < 4.78 is 10.9. The van der Waals surface area contributed by atoms with E-state index in [0.29, 0.717) is 19.1 Å². The number of carbonyl (C=O) groups excluding carboxylic acids is 2. The summed E-state index contributed by atoms with van der Waals surface area (Å²) in [5, 5.41) is 0.906. The Kier molecular flexibility index (Phi) is 3.62. The molecule has 0 aromatic rings. The van der Waals surface area contributed by atoms with Crippen molar-refractivity contribution < 1.29 is 23.9 Å². The van der Waals surface area contributed by atoms with E-state index < -0.39 is 11.8 Å². The van der Waals surface area contributed by atoms with Crippen LogP contribution in [0.3, 0.4) is 0 Å². The fraction of sp³-hybridized carbons (Fsp3) is 0.714. The molecule has 4 unspecified atom stereocenters. The predicted molar refractivity (Wildman–Crippen MR) is 68.2 cm³/mol. The highest BCUT2D eigenvalue weighted by molar-refractivity contribution is 6.05. The topological polar surface area (TPSA) is 65.1 Å². The Hall–Kier alpha value is -1.24. The minimum absolute atomic E-state index is 0.202. The van der Waals surface area contributed by atoms with E-state index in [0.717, 1.165) is 5.06 Å². The molecule has 0 saturated carbocycles. The zero-order chi connectivity index (χ0) is 14.3. The van der Waals surface area contributed by atoms with Gasteiger partial charge in [0.15, 0.2) is 0 Å². The maximum Gasteiger partial charge on any atom is 0.260 e. The van der Waals surface area contributed by atoms with Gasteiger partial charge in [0.05, 0.1) is 37.3 Å². The van der Waals surface area contributed by atoms with Crippen LogP contribution in [0.2, 0.25) is 0 Å². The van der Waals surface area contributed by atoms with Crippen molar-refractivity contribution in [2.24, 2.45) is 17.8 Å². The summed E-state index contributed by atoms with van der Waals surface area (Å²) >= 11 is 0. The maximum atomic E-state index is 12.2. The Balaban J connectivity index is 1.52. The van der Waals surface area contributed by atoms with Crippen molar-refractivity contribution in [1.29, 1.82) is 0 Å². The lowest BCUT2D eigenvalue weighted by atomic mass is 9.85. The molecule has 6 nitrogen and oxygen atoms in total. The van der Waals surface area contributed by atoms with Crippen LogP contribution in [0.5, 0.6) is 0 Å². The third-order valence-corrected chi connectivity index (χ3v) is 3.77. The van der Waals surface area contributed by atoms with Gasteiger partial charge in [0.25, 0.3) is 11.8 Å². The third-order valence-electron chi connectivity index (χ3n) is 3.77. The van der Waals surface area contributed by atoms with E-state index >= 15 is 0 Å². The van der Waals surface area contributed by atoms with Crippen molar-refractivity contribution in [3.63, 3.8) is 0 Å². The van der Waals surface area contributed by atoms with Crippen molar-refractivity contribution in [3.05, 3.63) is 12.2 Å². The molecule has 0 aliphatic carbocycles. The quantitative estimate of drug-likeness (QED) is 0.404. The zero-order valence-corrected chi connectivity index (χ0v) is 11.7. The molecule has 4 atom stereocenters. The van der Waals surface area contributed by atoms with E-state index in [1.807, 2.05) is 12.2 Å². The van der Waals surface area contributed by atoms with Gasteiger partial charge in [-0.15, -0.1) is 0 Å². The van der Waals surface area contributed by atoms with E-state index in [2.05, 4.69) is 13.8 Å². The molecule has 2 bridgehead atoms. The SMILES string of the molecule is CC(C)COCCON1C(=O)C2C3C=CC(O3)C2C1=O. The van der Waals surface area contributed by atoms with E-state index in [1.54, 1.807) is 0 Å². The number of rotatable bonds is 6. The van der Waals surface area contributed by atoms with Gasteiger partial charge in [-0.25, -0.2) is 0 Å². The molecule has 0 N–H and O–H groups in total. The van der Waals surface area contributed by atoms with Crippen LogP contribution in [0.1, 0.15) is 13.8 Å². The maximum absolute atomic E-state index is 12.2. The van der Waals surface area contributed by atoms with E-state index in [-0.39, 0.29) is 30.6 Å². The first-order chi connectivity index (χ1) is 9.59. The van der Waals surface area contributed by atoms with Gasteiger partial charge in [-0.2, -0.15) is 5.06 Å². The van der Waals surface area contributed by atoms with Crippen LogP contribution in [0.25, 0.3) is 0 Å². The minimum Gasteiger partial charge on any atom is -0.379 e. The molecule has 110 valence electrons. The Bertz CT molecular complexity index is 417. The van der Waals surface area contributed by atoms with Gasteiger partial charge >= 0.3 is 0 Å². The highest BCUT2D eigenvalue weighted by Gasteiger charge is 2.61. The van der Waals surface area contributed by atoms with Gasteiger partial charge in [0.2, 0.25) is 0 Å². The average molecular weight is 281 g/mol. The predicted octanol–water partition coefficient (Wildman–Crippen LogP) is 0.529. The van der Waals surface area contributed by atoms with Crippen LogP contribution in [0.15, 0.2) is 12.2 Å². The number of fused-ring (bicyclic) bond motifs is 5. The number of hydrogen-bond donors (Lipinski definition) is 0. The van der Waals surface area contributed by atoms with Crippen molar-refractivity contribution >= 4 is 11.8 Å². The second-order valence-electron chi connectivity index (χ2n) is 5.77. The Morgan fingerprint density at radius 3 is 2.30 bits per heavy atom. The Morgan fingerprint density at radius 1 is 1.15 bits per heavy atom. The number of carbonyl (C=O) groups is 2. The summed E-state index contributed by atoms with van der Waals surface area (Å²) in [4.78, 5) is 29.7. The van der Waals surface area contributed by atoms with Crippen LogP contribution < -0.4 is 0 Å². The smallest absolute Gasteiger partial charge is 0.260 e. The van der Waals surface area contributed by atoms with Crippen LogP contribution in [-0.2, 0) is 23.9 Å². The first-order valence-corrected chi connectivity index (χ1v) is 7.02. The lowest BCUT2D eigenvalue weighted by Gasteiger charge is -2.17. The Morgan fingerprint density at radius 2 is 1.75 bits per heavy atom. The average Bonchev–Trinajstić information content (AvgIpc) is 3.06. The largest absolute Gasteiger partial charge is 0.379 e. The molecular weight excluding hydrogens is 262 g/mol. The second kappa shape index (κ2) is 5.27. The fourth-order valence-corrected chi connectivity index (χ4v) is 2.91. The Labute approximate surface area is 117 Å². The monoisotopic (exact) mass is 281 g/mol. The summed E-state index contributed by atoms with van der Waals surface area (Å²) in [6.07, 6.45) is 3.16. The third kappa shape index (κ3) is 2.17. The van der Waals surface area contributed by atoms with Crippen molar-refractivity contribution in [1.82, 2.24) is 5.06 Å². The highest BCUT2D eigenvalue weighted by atomic mass is 16.7. The van der Waals surface area contributed by atoms with Gasteiger partial charge in [0.1, 0.15) is 0 Å². The molecule has 0 spiro atoms. The first kappa shape index (κ1) is 13.7. The molecule has 3 aliphatic heterocycles. The lowest BCUT2D eigenvalue weighted by molar-refractivity contribution is -0.195. The number of ether oxygens (including phenoxy) is 2. The fourth-order valence-electron chi connectivity index (χ4n) is 2.91. The summed E-state index contributed by atoms with van der Waals surface area (Å²) in [6.45, 7) is 5.31. The van der Waals surface area contributed by atoms with Gasteiger partial charge in [-0.3, -0.25) is 14.4 Å². The molecule has 6 heteroatoms. The van der Waals surface area contributed by atoms with Gasteiger partial charge in [-0.1, -0.05) is 26.0 Å². The molecule has 20 heavy (non-hydrogen) atoms.